The Balaban J connectivity index is 2.13. The average Bonchev–Trinajstić information content (AvgIpc) is 2.86. The van der Waals surface area contributed by atoms with Crippen molar-refractivity contribution < 1.29 is 9.18 Å². The molecule has 0 unspecified atom stereocenters. The predicted molar refractivity (Wildman–Crippen MR) is 75.3 cm³/mol. The number of nitrogens with zero attached hydrogens (tertiary/aromatic N) is 3. The lowest BCUT2D eigenvalue weighted by molar-refractivity contribution is 0.112. The van der Waals surface area contributed by atoms with Crippen LogP contribution in [0.25, 0.3) is 11.0 Å². The molecule has 0 saturated carbocycles. The van der Waals surface area contributed by atoms with Crippen LogP contribution in [-0.4, -0.2) is 15.8 Å². The number of rotatable bonds is 3. The van der Waals surface area contributed by atoms with Crippen LogP contribution < -0.4 is 0 Å². The number of fused-ring (bicyclic) bond motifs is 1. The number of carbonyl (C=O) groups excluding carboxylic acids is 1. The van der Waals surface area contributed by atoms with Crippen LogP contribution in [0.1, 0.15) is 21.5 Å². The molecular formula is C16H10FN3O. The van der Waals surface area contributed by atoms with Crippen LogP contribution in [0.5, 0.6) is 0 Å². The van der Waals surface area contributed by atoms with Crippen molar-refractivity contribution in [2.24, 2.45) is 0 Å². The minimum Gasteiger partial charge on any atom is -0.327 e. The third-order valence-corrected chi connectivity index (χ3v) is 3.32. The zero-order valence-corrected chi connectivity index (χ0v) is 11.0. The summed E-state index contributed by atoms with van der Waals surface area (Å²) in [6, 6.07) is 9.63. The molecule has 0 amide bonds. The normalized spacial score (nSPS) is 10.5. The standard InChI is InChI=1S/C16H10FN3O/c17-14-4-3-11(7-18)12(6-14)8-20-9-13(10-21)15-2-1-5-19-16(15)20/h1-6,9-10H,8H2. The molecular weight excluding hydrogens is 269 g/mol. The second kappa shape index (κ2) is 5.17. The highest BCUT2D eigenvalue weighted by atomic mass is 19.1. The Hall–Kier alpha value is -3.00. The van der Waals surface area contributed by atoms with E-state index in [0.717, 1.165) is 11.7 Å². The van der Waals surface area contributed by atoms with Crippen molar-refractivity contribution in [2.75, 3.05) is 0 Å². The summed E-state index contributed by atoms with van der Waals surface area (Å²) in [6.45, 7) is 0.280. The number of halogens is 1. The van der Waals surface area contributed by atoms with E-state index in [1.54, 1.807) is 29.1 Å². The molecule has 0 atom stereocenters. The number of hydrogen-bond acceptors (Lipinski definition) is 3. The molecule has 0 fully saturated rings. The molecule has 0 N–H and O–H groups in total. The monoisotopic (exact) mass is 279 g/mol. The van der Waals surface area contributed by atoms with E-state index < -0.39 is 5.82 Å². The van der Waals surface area contributed by atoms with Crippen LogP contribution in [0.2, 0.25) is 0 Å². The van der Waals surface area contributed by atoms with Crippen molar-refractivity contribution in [1.82, 2.24) is 9.55 Å². The van der Waals surface area contributed by atoms with Gasteiger partial charge in [0.2, 0.25) is 0 Å². The smallest absolute Gasteiger partial charge is 0.152 e. The molecule has 0 aliphatic carbocycles. The van der Waals surface area contributed by atoms with Gasteiger partial charge in [0.25, 0.3) is 0 Å². The van der Waals surface area contributed by atoms with Crippen LogP contribution in [-0.2, 0) is 6.54 Å². The van der Waals surface area contributed by atoms with Gasteiger partial charge in [0.1, 0.15) is 11.5 Å². The second-order valence-electron chi connectivity index (χ2n) is 4.62. The van der Waals surface area contributed by atoms with Crippen LogP contribution in [0.3, 0.4) is 0 Å². The SMILES string of the molecule is N#Cc1ccc(F)cc1Cn1cc(C=O)c2cccnc21. The molecule has 0 aliphatic heterocycles. The minimum atomic E-state index is -0.399. The first-order chi connectivity index (χ1) is 10.2. The van der Waals surface area contributed by atoms with E-state index in [2.05, 4.69) is 4.98 Å². The van der Waals surface area contributed by atoms with E-state index in [9.17, 15) is 9.18 Å². The topological polar surface area (TPSA) is 58.7 Å². The number of aromatic nitrogens is 2. The molecule has 5 heteroatoms. The van der Waals surface area contributed by atoms with Crippen LogP contribution in [0.15, 0.2) is 42.7 Å². The van der Waals surface area contributed by atoms with Gasteiger partial charge in [0.15, 0.2) is 6.29 Å². The van der Waals surface area contributed by atoms with Gasteiger partial charge in [-0.2, -0.15) is 5.26 Å². The molecule has 102 valence electrons. The van der Waals surface area contributed by atoms with Gasteiger partial charge in [-0.1, -0.05) is 0 Å². The lowest BCUT2D eigenvalue weighted by atomic mass is 10.1. The molecule has 21 heavy (non-hydrogen) atoms. The highest BCUT2D eigenvalue weighted by Crippen LogP contribution is 2.20. The fourth-order valence-corrected chi connectivity index (χ4v) is 2.35. The summed E-state index contributed by atoms with van der Waals surface area (Å²) < 4.78 is 15.1. The van der Waals surface area contributed by atoms with E-state index in [0.29, 0.717) is 22.3 Å². The summed E-state index contributed by atoms with van der Waals surface area (Å²) >= 11 is 0. The van der Waals surface area contributed by atoms with Crippen molar-refractivity contribution in [3.05, 3.63) is 65.2 Å². The average molecular weight is 279 g/mol. The maximum atomic E-state index is 13.4. The van der Waals surface area contributed by atoms with Crippen molar-refractivity contribution in [1.29, 1.82) is 5.26 Å². The van der Waals surface area contributed by atoms with Gasteiger partial charge >= 0.3 is 0 Å². The first-order valence-electron chi connectivity index (χ1n) is 6.30. The molecule has 2 heterocycles. The van der Waals surface area contributed by atoms with E-state index in [1.165, 1.54) is 18.2 Å². The first-order valence-corrected chi connectivity index (χ1v) is 6.30. The molecule has 3 aromatic rings. The van der Waals surface area contributed by atoms with Gasteiger partial charge in [0.05, 0.1) is 18.2 Å². The molecule has 4 nitrogen and oxygen atoms in total. The fraction of sp³-hybridized carbons (Fsp3) is 0.0625. The lowest BCUT2D eigenvalue weighted by Crippen LogP contribution is -2.02. The molecule has 0 spiro atoms. The maximum absolute atomic E-state index is 13.4. The molecule has 0 bridgehead atoms. The van der Waals surface area contributed by atoms with Crippen molar-refractivity contribution in [3.63, 3.8) is 0 Å². The number of carbonyl (C=O) groups is 1. The molecule has 0 radical (unpaired) electrons. The van der Waals surface area contributed by atoms with Crippen LogP contribution in [0.4, 0.5) is 4.39 Å². The van der Waals surface area contributed by atoms with Gasteiger partial charge in [-0.05, 0) is 35.9 Å². The molecule has 2 aromatic heterocycles. The summed E-state index contributed by atoms with van der Waals surface area (Å²) in [5.74, 6) is -0.399. The highest BCUT2D eigenvalue weighted by Gasteiger charge is 2.11. The van der Waals surface area contributed by atoms with E-state index in [-0.39, 0.29) is 6.54 Å². The summed E-state index contributed by atoms with van der Waals surface area (Å²) in [6.07, 6.45) is 4.05. The number of nitriles is 1. The van der Waals surface area contributed by atoms with E-state index >= 15 is 0 Å². The van der Waals surface area contributed by atoms with Crippen LogP contribution >= 0.6 is 0 Å². The Morgan fingerprint density at radius 3 is 3.00 bits per heavy atom. The molecule has 0 aliphatic rings. The molecule has 1 aromatic carbocycles. The van der Waals surface area contributed by atoms with Crippen molar-refractivity contribution in [3.8, 4) is 6.07 Å². The second-order valence-corrected chi connectivity index (χ2v) is 4.62. The Morgan fingerprint density at radius 2 is 2.24 bits per heavy atom. The van der Waals surface area contributed by atoms with E-state index in [4.69, 9.17) is 5.26 Å². The van der Waals surface area contributed by atoms with Crippen molar-refractivity contribution >= 4 is 17.3 Å². The number of aldehydes is 1. The number of pyridine rings is 1. The third kappa shape index (κ3) is 2.28. The first kappa shape index (κ1) is 13.0. The lowest BCUT2D eigenvalue weighted by Gasteiger charge is -2.07. The summed E-state index contributed by atoms with van der Waals surface area (Å²) in [5.41, 5.74) is 2.11. The number of hydrogen-bond donors (Lipinski definition) is 0. The van der Waals surface area contributed by atoms with Crippen LogP contribution in [0, 0.1) is 17.1 Å². The predicted octanol–water partition coefficient (Wildman–Crippen LogP) is 2.91. The minimum absolute atomic E-state index is 0.280. The molecule has 0 saturated heterocycles. The zero-order valence-electron chi connectivity index (χ0n) is 11.0. The number of benzene rings is 1. The van der Waals surface area contributed by atoms with Gasteiger partial charge in [-0.3, -0.25) is 4.79 Å². The largest absolute Gasteiger partial charge is 0.327 e. The Morgan fingerprint density at radius 1 is 1.38 bits per heavy atom. The summed E-state index contributed by atoms with van der Waals surface area (Å²) in [7, 11) is 0. The Bertz CT molecular complexity index is 877. The summed E-state index contributed by atoms with van der Waals surface area (Å²) in [5, 5.41) is 9.84. The van der Waals surface area contributed by atoms with Gasteiger partial charge in [-0.15, -0.1) is 0 Å². The maximum Gasteiger partial charge on any atom is 0.152 e. The van der Waals surface area contributed by atoms with Crippen molar-refractivity contribution in [2.45, 2.75) is 6.54 Å². The molecule has 3 rings (SSSR count). The van der Waals surface area contributed by atoms with Gasteiger partial charge in [0, 0.05) is 23.3 Å². The van der Waals surface area contributed by atoms with E-state index in [1.807, 2.05) is 6.07 Å². The third-order valence-electron chi connectivity index (χ3n) is 3.32. The zero-order chi connectivity index (χ0) is 14.8. The Kier molecular flexibility index (Phi) is 3.20. The quantitative estimate of drug-likeness (QED) is 0.693. The fourth-order valence-electron chi connectivity index (χ4n) is 2.35. The van der Waals surface area contributed by atoms with Gasteiger partial charge < -0.3 is 4.57 Å². The van der Waals surface area contributed by atoms with Gasteiger partial charge in [-0.25, -0.2) is 9.37 Å². The Labute approximate surface area is 120 Å². The highest BCUT2D eigenvalue weighted by molar-refractivity contribution is 5.95. The summed E-state index contributed by atoms with van der Waals surface area (Å²) in [4.78, 5) is 15.4.